The van der Waals surface area contributed by atoms with Gasteiger partial charge in [-0.1, -0.05) is 37.5 Å². The molecule has 1 aliphatic carbocycles. The molecule has 1 aromatic carbocycles. The summed E-state index contributed by atoms with van der Waals surface area (Å²) in [5.74, 6) is 0. The Hall–Kier alpha value is -1.22. The van der Waals surface area contributed by atoms with Crippen LogP contribution in [0.15, 0.2) is 36.5 Å². The van der Waals surface area contributed by atoms with Crippen LogP contribution in [-0.2, 0) is 0 Å². The van der Waals surface area contributed by atoms with E-state index in [0.717, 1.165) is 12.1 Å². The number of aromatic nitrogens is 1. The van der Waals surface area contributed by atoms with Crippen molar-refractivity contribution < 1.29 is 0 Å². The van der Waals surface area contributed by atoms with Gasteiger partial charge in [-0.3, -0.25) is 4.98 Å². The first-order valence-corrected chi connectivity index (χ1v) is 8.68. The van der Waals surface area contributed by atoms with Crippen LogP contribution in [0.1, 0.15) is 32.1 Å². The first-order valence-electron chi connectivity index (χ1n) is 7.46. The van der Waals surface area contributed by atoms with Gasteiger partial charge in [0.1, 0.15) is 0 Å². The van der Waals surface area contributed by atoms with Crippen LogP contribution >= 0.6 is 11.8 Å². The fraction of sp³-hybridized carbons (Fsp3) is 0.471. The maximum Gasteiger partial charge on any atom is 0.0722 e. The second kappa shape index (κ2) is 6.04. The van der Waals surface area contributed by atoms with Crippen LogP contribution in [0.2, 0.25) is 0 Å². The highest BCUT2D eigenvalue weighted by atomic mass is 32.2. The molecule has 0 unspecified atom stereocenters. The molecule has 1 fully saturated rings. The molecule has 1 saturated carbocycles. The molecule has 1 heterocycles. The highest BCUT2D eigenvalue weighted by Crippen LogP contribution is 2.39. The minimum absolute atomic E-state index is 0.419. The summed E-state index contributed by atoms with van der Waals surface area (Å²) in [6.45, 7) is 1.06. The summed E-state index contributed by atoms with van der Waals surface area (Å²) in [6, 6.07) is 10.5. The number of pyridine rings is 1. The Balaban J connectivity index is 1.79. The lowest BCUT2D eigenvalue weighted by Crippen LogP contribution is -2.35. The van der Waals surface area contributed by atoms with Gasteiger partial charge in [0.05, 0.1) is 5.52 Å². The normalized spacial score (nSPS) is 18.1. The first-order chi connectivity index (χ1) is 9.83. The summed E-state index contributed by atoms with van der Waals surface area (Å²) >= 11 is 2.04. The molecular weight excluding hydrogens is 264 g/mol. The van der Waals surface area contributed by atoms with Crippen molar-refractivity contribution >= 4 is 28.4 Å². The Morgan fingerprint density at radius 1 is 1.15 bits per heavy atom. The Kier molecular flexibility index (Phi) is 4.16. The number of para-hydroxylation sites is 1. The van der Waals surface area contributed by atoms with Crippen LogP contribution in [0.25, 0.3) is 10.9 Å². The van der Waals surface area contributed by atoms with Crippen molar-refractivity contribution in [1.82, 2.24) is 4.98 Å². The fourth-order valence-corrected chi connectivity index (χ4v) is 4.07. The van der Waals surface area contributed by atoms with Crippen molar-refractivity contribution in [3.05, 3.63) is 36.5 Å². The van der Waals surface area contributed by atoms with E-state index >= 15 is 0 Å². The van der Waals surface area contributed by atoms with Crippen LogP contribution < -0.4 is 5.32 Å². The second-order valence-electron chi connectivity index (χ2n) is 5.68. The van der Waals surface area contributed by atoms with E-state index in [1.807, 2.05) is 24.0 Å². The fourth-order valence-electron chi connectivity index (χ4n) is 3.16. The number of nitrogens with one attached hydrogen (secondary N) is 1. The highest BCUT2D eigenvalue weighted by Gasteiger charge is 2.30. The van der Waals surface area contributed by atoms with E-state index in [-0.39, 0.29) is 0 Å². The minimum Gasteiger partial charge on any atom is -0.383 e. The van der Waals surface area contributed by atoms with Gasteiger partial charge in [0, 0.05) is 28.6 Å². The third kappa shape index (κ3) is 2.78. The van der Waals surface area contributed by atoms with E-state index in [4.69, 9.17) is 0 Å². The SMILES string of the molecule is CSC1(CNc2ccnc3ccccc23)CCCCC1. The van der Waals surface area contributed by atoms with Crippen LogP contribution in [0, 0.1) is 0 Å². The minimum atomic E-state index is 0.419. The van der Waals surface area contributed by atoms with Gasteiger partial charge >= 0.3 is 0 Å². The molecule has 1 N–H and O–H groups in total. The van der Waals surface area contributed by atoms with E-state index in [0.29, 0.717) is 4.75 Å². The topological polar surface area (TPSA) is 24.9 Å². The summed E-state index contributed by atoms with van der Waals surface area (Å²) in [6.07, 6.45) is 11.0. The third-order valence-corrected chi connectivity index (χ3v) is 5.87. The van der Waals surface area contributed by atoms with Gasteiger partial charge in [-0.15, -0.1) is 0 Å². The Labute approximate surface area is 125 Å². The van der Waals surface area contributed by atoms with Crippen LogP contribution in [0.5, 0.6) is 0 Å². The zero-order chi connectivity index (χ0) is 13.8. The Morgan fingerprint density at radius 3 is 2.75 bits per heavy atom. The smallest absolute Gasteiger partial charge is 0.0722 e. The standard InChI is InChI=1S/C17H22N2S/c1-20-17(10-5-2-6-11-17)13-19-16-9-12-18-15-8-4-3-7-14(15)16/h3-4,7-9,12H,2,5-6,10-11,13H2,1H3,(H,18,19). The van der Waals surface area contributed by atoms with Crippen molar-refractivity contribution in [3.63, 3.8) is 0 Å². The van der Waals surface area contributed by atoms with Crippen molar-refractivity contribution in [2.24, 2.45) is 0 Å². The molecule has 0 aliphatic heterocycles. The second-order valence-corrected chi connectivity index (χ2v) is 6.95. The highest BCUT2D eigenvalue weighted by molar-refractivity contribution is 8.00. The van der Waals surface area contributed by atoms with Gasteiger partial charge in [-0.25, -0.2) is 0 Å². The Morgan fingerprint density at radius 2 is 1.95 bits per heavy atom. The van der Waals surface area contributed by atoms with E-state index in [1.165, 1.54) is 43.2 Å². The molecule has 2 nitrogen and oxygen atoms in total. The predicted molar refractivity (Wildman–Crippen MR) is 89.6 cm³/mol. The number of benzene rings is 1. The third-order valence-electron chi connectivity index (χ3n) is 4.45. The molecule has 0 atom stereocenters. The molecular formula is C17H22N2S. The number of hydrogen-bond acceptors (Lipinski definition) is 3. The van der Waals surface area contributed by atoms with Gasteiger partial charge in [0.25, 0.3) is 0 Å². The van der Waals surface area contributed by atoms with Crippen molar-refractivity contribution in [1.29, 1.82) is 0 Å². The molecule has 0 radical (unpaired) electrons. The monoisotopic (exact) mass is 286 g/mol. The molecule has 0 bridgehead atoms. The van der Waals surface area contributed by atoms with Crippen LogP contribution in [0.4, 0.5) is 5.69 Å². The molecule has 20 heavy (non-hydrogen) atoms. The predicted octanol–water partition coefficient (Wildman–Crippen LogP) is 4.71. The lowest BCUT2D eigenvalue weighted by Gasteiger charge is -2.36. The summed E-state index contributed by atoms with van der Waals surface area (Å²) in [7, 11) is 0. The first kappa shape index (κ1) is 13.7. The molecule has 3 heteroatoms. The number of thioether (sulfide) groups is 1. The van der Waals surface area contributed by atoms with E-state index < -0.39 is 0 Å². The molecule has 0 saturated heterocycles. The van der Waals surface area contributed by atoms with Gasteiger partial charge in [-0.05, 0) is 31.2 Å². The summed E-state index contributed by atoms with van der Waals surface area (Å²) < 4.78 is 0.419. The Bertz CT molecular complexity index is 571. The number of hydrogen-bond donors (Lipinski definition) is 1. The maximum atomic E-state index is 4.43. The van der Waals surface area contributed by atoms with E-state index in [9.17, 15) is 0 Å². The summed E-state index contributed by atoms with van der Waals surface area (Å²) in [5.41, 5.74) is 2.29. The number of anilines is 1. The maximum absolute atomic E-state index is 4.43. The van der Waals surface area contributed by atoms with Gasteiger partial charge < -0.3 is 5.32 Å². The quantitative estimate of drug-likeness (QED) is 0.881. The number of fused-ring (bicyclic) bond motifs is 1. The lowest BCUT2D eigenvalue weighted by atomic mass is 9.88. The average molecular weight is 286 g/mol. The van der Waals surface area contributed by atoms with Crippen molar-refractivity contribution in [3.8, 4) is 0 Å². The molecule has 0 spiro atoms. The molecule has 2 aromatic rings. The molecule has 106 valence electrons. The zero-order valence-corrected chi connectivity index (χ0v) is 12.9. The molecule has 1 aliphatic rings. The van der Waals surface area contributed by atoms with Gasteiger partial charge in [-0.2, -0.15) is 11.8 Å². The van der Waals surface area contributed by atoms with Crippen molar-refractivity contribution in [2.45, 2.75) is 36.9 Å². The average Bonchev–Trinajstić information content (AvgIpc) is 2.54. The van der Waals surface area contributed by atoms with E-state index in [1.54, 1.807) is 0 Å². The number of nitrogens with zero attached hydrogens (tertiary/aromatic N) is 1. The van der Waals surface area contributed by atoms with Gasteiger partial charge in [0.15, 0.2) is 0 Å². The zero-order valence-electron chi connectivity index (χ0n) is 12.1. The number of rotatable bonds is 4. The molecule has 0 amide bonds. The van der Waals surface area contributed by atoms with Crippen LogP contribution in [0.3, 0.4) is 0 Å². The van der Waals surface area contributed by atoms with Crippen LogP contribution in [-0.4, -0.2) is 22.5 Å². The molecule has 1 aromatic heterocycles. The van der Waals surface area contributed by atoms with Crippen molar-refractivity contribution in [2.75, 3.05) is 18.1 Å². The largest absolute Gasteiger partial charge is 0.383 e. The summed E-state index contributed by atoms with van der Waals surface area (Å²) in [5, 5.41) is 4.91. The summed E-state index contributed by atoms with van der Waals surface area (Å²) in [4.78, 5) is 4.43. The van der Waals surface area contributed by atoms with E-state index in [2.05, 4.69) is 40.8 Å². The molecule has 3 rings (SSSR count). The lowest BCUT2D eigenvalue weighted by molar-refractivity contribution is 0.411. The van der Waals surface area contributed by atoms with Gasteiger partial charge in [0.2, 0.25) is 0 Å².